The van der Waals surface area contributed by atoms with E-state index in [0.717, 1.165) is 0 Å². The number of Topliss-reactive ketones (excluding diaryl/α,β-unsaturated/α-hetero) is 1. The van der Waals surface area contributed by atoms with Gasteiger partial charge < -0.3 is 0 Å². The van der Waals surface area contributed by atoms with Crippen molar-refractivity contribution in [2.45, 2.75) is 24.8 Å². The molecule has 2 fully saturated rings. The molecule has 0 heterocycles. The van der Waals surface area contributed by atoms with Crippen molar-refractivity contribution in [3.05, 3.63) is 0 Å². The van der Waals surface area contributed by atoms with E-state index in [1.54, 1.807) is 0 Å². The lowest BCUT2D eigenvalue weighted by Gasteiger charge is -2.56. The van der Waals surface area contributed by atoms with E-state index in [1.807, 2.05) is 0 Å². The van der Waals surface area contributed by atoms with E-state index in [0.29, 0.717) is 10.5 Å². The first kappa shape index (κ1) is 14.7. The van der Waals surface area contributed by atoms with Gasteiger partial charge in [-0.2, -0.15) is 13.2 Å². The Kier molecular flexibility index (Phi) is 3.03. The highest BCUT2D eigenvalue weighted by molar-refractivity contribution is 8.05. The first-order valence-electron chi connectivity index (χ1n) is 5.25. The van der Waals surface area contributed by atoms with Crippen molar-refractivity contribution in [1.82, 2.24) is 4.13 Å². The van der Waals surface area contributed by atoms with Crippen LogP contribution < -0.4 is 4.13 Å². The van der Waals surface area contributed by atoms with Gasteiger partial charge in [0.1, 0.15) is 5.78 Å². The number of nitrogens with one attached hydrogen (secondary N) is 1. The standard InChI is InChI=1S/C8H10F3NO5S2/c9-8(10,11)19(16,17)12-18(14,15)4-7-2-1-5(7)3-6(7)13/h5,12H,1-4H2. The van der Waals surface area contributed by atoms with E-state index in [9.17, 15) is 34.8 Å². The Balaban J connectivity index is 2.15. The fraction of sp³-hybridized carbons (Fsp3) is 0.875. The fourth-order valence-electron chi connectivity index (χ4n) is 2.51. The predicted octanol–water partition coefficient (Wildman–Crippen LogP) is 0.125. The lowest BCUT2D eigenvalue weighted by molar-refractivity contribution is -0.156. The Labute approximate surface area is 107 Å². The van der Waals surface area contributed by atoms with Gasteiger partial charge in [0.15, 0.2) is 0 Å². The molecule has 0 bridgehead atoms. The molecule has 110 valence electrons. The molecule has 0 aromatic heterocycles. The zero-order valence-corrected chi connectivity index (χ0v) is 11.0. The Morgan fingerprint density at radius 1 is 1.26 bits per heavy atom. The smallest absolute Gasteiger partial charge is 0.299 e. The number of fused-ring (bicyclic) bond motifs is 1. The lowest BCUT2D eigenvalue weighted by atomic mass is 9.48. The molecular weight excluding hydrogens is 311 g/mol. The maximum Gasteiger partial charge on any atom is 0.512 e. The molecular formula is C8H10F3NO5S2. The van der Waals surface area contributed by atoms with Gasteiger partial charge in [-0.25, -0.2) is 16.8 Å². The average Bonchev–Trinajstić information content (AvgIpc) is 2.18. The minimum Gasteiger partial charge on any atom is -0.299 e. The van der Waals surface area contributed by atoms with Crippen molar-refractivity contribution in [1.29, 1.82) is 0 Å². The molecule has 0 spiro atoms. The van der Waals surface area contributed by atoms with E-state index in [2.05, 4.69) is 0 Å². The van der Waals surface area contributed by atoms with Crippen molar-refractivity contribution in [2.24, 2.45) is 11.3 Å². The van der Waals surface area contributed by atoms with Crippen molar-refractivity contribution in [2.75, 3.05) is 5.75 Å². The van der Waals surface area contributed by atoms with Gasteiger partial charge in [-0.3, -0.25) is 4.79 Å². The zero-order chi connectivity index (χ0) is 14.7. The molecule has 2 unspecified atom stereocenters. The molecule has 2 aliphatic carbocycles. The maximum absolute atomic E-state index is 12.1. The van der Waals surface area contributed by atoms with Crippen LogP contribution in [0.2, 0.25) is 0 Å². The largest absolute Gasteiger partial charge is 0.512 e. The van der Waals surface area contributed by atoms with Crippen LogP contribution in [0.1, 0.15) is 19.3 Å². The first-order valence-corrected chi connectivity index (χ1v) is 8.39. The molecule has 2 atom stereocenters. The lowest BCUT2D eigenvalue weighted by Crippen LogP contribution is -2.62. The van der Waals surface area contributed by atoms with E-state index in [4.69, 9.17) is 0 Å². The minimum atomic E-state index is -5.97. The number of hydrogen-bond acceptors (Lipinski definition) is 5. The summed E-state index contributed by atoms with van der Waals surface area (Å²) in [6.07, 6.45) is 1.11. The fourth-order valence-corrected chi connectivity index (χ4v) is 5.68. The molecule has 0 radical (unpaired) electrons. The Hall–Kier alpha value is -0.680. The second kappa shape index (κ2) is 3.92. The zero-order valence-electron chi connectivity index (χ0n) is 9.40. The molecule has 6 nitrogen and oxygen atoms in total. The Bertz CT molecular complexity index is 623. The number of halogens is 3. The minimum absolute atomic E-state index is 0.162. The van der Waals surface area contributed by atoms with Gasteiger partial charge in [0.2, 0.25) is 10.0 Å². The molecule has 1 N–H and O–H groups in total. The topological polar surface area (TPSA) is 97.4 Å². The number of sulfonamides is 2. The third kappa shape index (κ3) is 2.27. The average molecular weight is 321 g/mol. The molecule has 2 rings (SSSR count). The Morgan fingerprint density at radius 3 is 2.16 bits per heavy atom. The van der Waals surface area contributed by atoms with Crippen LogP contribution in [0.5, 0.6) is 0 Å². The molecule has 11 heteroatoms. The quantitative estimate of drug-likeness (QED) is 0.793. The van der Waals surface area contributed by atoms with Gasteiger partial charge in [-0.1, -0.05) is 0 Å². The van der Waals surface area contributed by atoms with Crippen LogP contribution in [0.3, 0.4) is 0 Å². The van der Waals surface area contributed by atoms with Gasteiger partial charge >= 0.3 is 15.5 Å². The number of hydrogen-bond donors (Lipinski definition) is 1. The molecule has 0 saturated heterocycles. The highest BCUT2D eigenvalue weighted by atomic mass is 32.3. The van der Waals surface area contributed by atoms with Crippen molar-refractivity contribution >= 4 is 25.8 Å². The number of ketones is 1. The number of carbonyl (C=O) groups is 1. The first-order chi connectivity index (χ1) is 8.40. The second-order valence-corrected chi connectivity index (χ2v) is 8.47. The highest BCUT2D eigenvalue weighted by Gasteiger charge is 2.63. The van der Waals surface area contributed by atoms with Gasteiger partial charge in [-0.15, -0.1) is 4.13 Å². The number of rotatable bonds is 4. The summed E-state index contributed by atoms with van der Waals surface area (Å²) in [6.45, 7) is 0. The van der Waals surface area contributed by atoms with Gasteiger partial charge in [-0.05, 0) is 18.8 Å². The van der Waals surface area contributed by atoms with Crippen LogP contribution in [-0.4, -0.2) is 33.9 Å². The van der Waals surface area contributed by atoms with Crippen molar-refractivity contribution < 1.29 is 34.8 Å². The summed E-state index contributed by atoms with van der Waals surface area (Å²) in [5, 5.41) is 0. The third-order valence-electron chi connectivity index (χ3n) is 3.70. The van der Waals surface area contributed by atoms with E-state index < -0.39 is 36.7 Å². The molecule has 0 aromatic carbocycles. The highest BCUT2D eigenvalue weighted by Crippen LogP contribution is 2.58. The van der Waals surface area contributed by atoms with Gasteiger partial charge in [0.05, 0.1) is 5.75 Å². The van der Waals surface area contributed by atoms with Crippen LogP contribution >= 0.6 is 0 Å². The molecule has 19 heavy (non-hydrogen) atoms. The van der Waals surface area contributed by atoms with Crippen LogP contribution in [0.25, 0.3) is 0 Å². The van der Waals surface area contributed by atoms with E-state index >= 15 is 0 Å². The molecule has 0 aliphatic heterocycles. The number of alkyl halides is 3. The number of carbonyl (C=O) groups excluding carboxylic acids is 1. The predicted molar refractivity (Wildman–Crippen MR) is 56.7 cm³/mol. The monoisotopic (exact) mass is 321 g/mol. The van der Waals surface area contributed by atoms with Crippen LogP contribution in [-0.2, 0) is 24.8 Å². The maximum atomic E-state index is 12.1. The van der Waals surface area contributed by atoms with Crippen molar-refractivity contribution in [3.63, 3.8) is 0 Å². The van der Waals surface area contributed by atoms with E-state index in [1.165, 1.54) is 0 Å². The molecule has 2 saturated carbocycles. The van der Waals surface area contributed by atoms with Gasteiger partial charge in [0.25, 0.3) is 0 Å². The van der Waals surface area contributed by atoms with Crippen LogP contribution in [0.4, 0.5) is 13.2 Å². The molecule has 2 aliphatic rings. The van der Waals surface area contributed by atoms with Crippen LogP contribution in [0.15, 0.2) is 0 Å². The van der Waals surface area contributed by atoms with E-state index in [-0.39, 0.29) is 24.5 Å². The van der Waals surface area contributed by atoms with Crippen LogP contribution in [0, 0.1) is 11.3 Å². The SMILES string of the molecule is O=C1CC2CCC12CS(=O)(=O)NS(=O)(=O)C(F)(F)F. The van der Waals surface area contributed by atoms with Crippen molar-refractivity contribution in [3.8, 4) is 0 Å². The molecule has 0 aromatic rings. The molecule has 0 amide bonds. The summed E-state index contributed by atoms with van der Waals surface area (Å²) in [5.41, 5.74) is -6.88. The summed E-state index contributed by atoms with van der Waals surface area (Å²) in [7, 11) is -10.7. The second-order valence-electron chi connectivity index (χ2n) is 4.81. The van der Waals surface area contributed by atoms with Gasteiger partial charge in [0, 0.05) is 11.8 Å². The normalized spacial score (nSPS) is 31.3. The summed E-state index contributed by atoms with van der Waals surface area (Å²) < 4.78 is 81.3. The summed E-state index contributed by atoms with van der Waals surface area (Å²) in [4.78, 5) is 11.4. The summed E-state index contributed by atoms with van der Waals surface area (Å²) in [5.74, 6) is -1.40. The summed E-state index contributed by atoms with van der Waals surface area (Å²) >= 11 is 0. The Morgan fingerprint density at radius 2 is 1.84 bits per heavy atom. The third-order valence-corrected chi connectivity index (χ3v) is 7.09. The summed E-state index contributed by atoms with van der Waals surface area (Å²) in [6, 6.07) is 0.